The molecule has 0 aliphatic heterocycles. The Morgan fingerprint density at radius 1 is 1.39 bits per heavy atom. The predicted octanol–water partition coefficient (Wildman–Crippen LogP) is 1.53. The van der Waals surface area contributed by atoms with Gasteiger partial charge in [-0.05, 0) is 18.1 Å². The van der Waals surface area contributed by atoms with Crippen molar-refractivity contribution in [2.75, 3.05) is 13.7 Å². The molecule has 4 heteroatoms. The number of carbonyl (C=O) groups excluding carboxylic acids is 1. The zero-order valence-corrected chi connectivity index (χ0v) is 10.3. The fraction of sp³-hybridized carbons (Fsp3) is 0.286. The highest BCUT2D eigenvalue weighted by Crippen LogP contribution is 2.19. The Morgan fingerprint density at radius 3 is 2.89 bits per heavy atom. The minimum Gasteiger partial charge on any atom is -0.469 e. The van der Waals surface area contributed by atoms with E-state index in [1.54, 1.807) is 6.20 Å². The third-order valence-electron chi connectivity index (χ3n) is 3.00. The largest absolute Gasteiger partial charge is 0.469 e. The standard InChI is InChI=1S/C14H16N2O2/c1-18-14(17)12(9-15)8-11-5-2-4-10-6-3-7-16-13(10)11/h2-7,12H,8-9,15H2,1H3. The minimum atomic E-state index is -0.317. The van der Waals surface area contributed by atoms with E-state index in [2.05, 4.69) is 4.98 Å². The fourth-order valence-electron chi connectivity index (χ4n) is 2.03. The van der Waals surface area contributed by atoms with E-state index in [0.717, 1.165) is 16.5 Å². The maximum atomic E-state index is 11.6. The van der Waals surface area contributed by atoms with Gasteiger partial charge >= 0.3 is 5.97 Å². The van der Waals surface area contributed by atoms with Crippen molar-refractivity contribution in [3.63, 3.8) is 0 Å². The van der Waals surface area contributed by atoms with Crippen LogP contribution in [0.2, 0.25) is 0 Å². The molecule has 4 nitrogen and oxygen atoms in total. The predicted molar refractivity (Wildman–Crippen MR) is 70.0 cm³/mol. The first-order chi connectivity index (χ1) is 8.76. The van der Waals surface area contributed by atoms with Gasteiger partial charge in [-0.1, -0.05) is 24.3 Å². The number of aromatic nitrogens is 1. The molecule has 0 bridgehead atoms. The summed E-state index contributed by atoms with van der Waals surface area (Å²) in [5.41, 5.74) is 7.56. The molecule has 2 N–H and O–H groups in total. The molecule has 0 radical (unpaired) electrons. The van der Waals surface area contributed by atoms with E-state index in [4.69, 9.17) is 10.5 Å². The van der Waals surface area contributed by atoms with Crippen LogP contribution in [0.4, 0.5) is 0 Å². The number of benzene rings is 1. The first-order valence-electron chi connectivity index (χ1n) is 5.86. The molecule has 0 fully saturated rings. The van der Waals surface area contributed by atoms with Crippen LogP contribution in [0.25, 0.3) is 10.9 Å². The smallest absolute Gasteiger partial charge is 0.310 e. The quantitative estimate of drug-likeness (QED) is 0.828. The van der Waals surface area contributed by atoms with E-state index >= 15 is 0 Å². The van der Waals surface area contributed by atoms with Gasteiger partial charge < -0.3 is 10.5 Å². The summed E-state index contributed by atoms with van der Waals surface area (Å²) in [6.07, 6.45) is 2.30. The van der Waals surface area contributed by atoms with Gasteiger partial charge in [0.15, 0.2) is 0 Å². The number of methoxy groups -OCH3 is 1. The van der Waals surface area contributed by atoms with Crippen molar-refractivity contribution in [1.82, 2.24) is 4.98 Å². The zero-order chi connectivity index (χ0) is 13.0. The van der Waals surface area contributed by atoms with Gasteiger partial charge in [-0.2, -0.15) is 0 Å². The second-order valence-electron chi connectivity index (χ2n) is 4.15. The van der Waals surface area contributed by atoms with Crippen LogP contribution >= 0.6 is 0 Å². The molecule has 0 aliphatic carbocycles. The van der Waals surface area contributed by atoms with Crippen LogP contribution in [0.15, 0.2) is 36.5 Å². The summed E-state index contributed by atoms with van der Waals surface area (Å²) < 4.78 is 4.75. The van der Waals surface area contributed by atoms with Crippen LogP contribution in [0.3, 0.4) is 0 Å². The first kappa shape index (κ1) is 12.5. The molecule has 0 amide bonds. The average Bonchev–Trinajstić information content (AvgIpc) is 2.44. The van der Waals surface area contributed by atoms with Crippen LogP contribution in [0.1, 0.15) is 5.56 Å². The summed E-state index contributed by atoms with van der Waals surface area (Å²) in [5.74, 6) is -0.590. The zero-order valence-electron chi connectivity index (χ0n) is 10.3. The van der Waals surface area contributed by atoms with Gasteiger partial charge in [0.1, 0.15) is 0 Å². The van der Waals surface area contributed by atoms with Crippen LogP contribution < -0.4 is 5.73 Å². The molecule has 1 aromatic heterocycles. The molecule has 0 saturated heterocycles. The minimum absolute atomic E-state index is 0.273. The molecule has 0 aliphatic rings. The molecule has 94 valence electrons. The van der Waals surface area contributed by atoms with Gasteiger partial charge in [-0.25, -0.2) is 0 Å². The number of ether oxygens (including phenoxy) is 1. The van der Waals surface area contributed by atoms with E-state index < -0.39 is 0 Å². The SMILES string of the molecule is COC(=O)C(CN)Cc1cccc2cccnc12. The van der Waals surface area contributed by atoms with Crippen molar-refractivity contribution in [2.24, 2.45) is 11.7 Å². The maximum Gasteiger partial charge on any atom is 0.310 e. The third kappa shape index (κ3) is 2.49. The molecular weight excluding hydrogens is 228 g/mol. The van der Waals surface area contributed by atoms with Crippen molar-refractivity contribution in [3.05, 3.63) is 42.1 Å². The Kier molecular flexibility index (Phi) is 3.89. The van der Waals surface area contributed by atoms with Gasteiger partial charge in [-0.15, -0.1) is 0 Å². The Balaban J connectivity index is 2.33. The second kappa shape index (κ2) is 5.60. The van der Waals surface area contributed by atoms with Crippen LogP contribution in [-0.4, -0.2) is 24.6 Å². The number of fused-ring (bicyclic) bond motifs is 1. The molecular formula is C14H16N2O2. The Morgan fingerprint density at radius 2 is 2.17 bits per heavy atom. The van der Waals surface area contributed by atoms with Gasteiger partial charge in [-0.3, -0.25) is 9.78 Å². The first-order valence-corrected chi connectivity index (χ1v) is 5.86. The lowest BCUT2D eigenvalue weighted by molar-refractivity contribution is -0.145. The van der Waals surface area contributed by atoms with Crippen LogP contribution in [-0.2, 0) is 16.0 Å². The molecule has 0 spiro atoms. The van der Waals surface area contributed by atoms with Crippen LogP contribution in [0, 0.1) is 5.92 Å². The average molecular weight is 244 g/mol. The van der Waals surface area contributed by atoms with E-state index in [-0.39, 0.29) is 18.4 Å². The second-order valence-corrected chi connectivity index (χ2v) is 4.15. The number of para-hydroxylation sites is 1. The van der Waals surface area contributed by atoms with Crippen LogP contribution in [0.5, 0.6) is 0 Å². The van der Waals surface area contributed by atoms with E-state index in [1.807, 2.05) is 30.3 Å². The summed E-state index contributed by atoms with van der Waals surface area (Å²) >= 11 is 0. The summed E-state index contributed by atoms with van der Waals surface area (Å²) in [5, 5.41) is 1.07. The summed E-state index contributed by atoms with van der Waals surface area (Å²) in [7, 11) is 1.38. The van der Waals surface area contributed by atoms with Gasteiger partial charge in [0, 0.05) is 18.1 Å². The summed E-state index contributed by atoms with van der Waals surface area (Å²) in [4.78, 5) is 15.9. The molecule has 1 atom stereocenters. The highest BCUT2D eigenvalue weighted by molar-refractivity contribution is 5.82. The van der Waals surface area contributed by atoms with Crippen molar-refractivity contribution >= 4 is 16.9 Å². The number of pyridine rings is 1. The number of nitrogens with zero attached hydrogens (tertiary/aromatic N) is 1. The normalized spacial score (nSPS) is 12.3. The van der Waals surface area contributed by atoms with Crippen molar-refractivity contribution < 1.29 is 9.53 Å². The lowest BCUT2D eigenvalue weighted by Crippen LogP contribution is -2.26. The highest BCUT2D eigenvalue weighted by Gasteiger charge is 2.19. The monoisotopic (exact) mass is 244 g/mol. The number of rotatable bonds is 4. The number of carbonyl (C=O) groups is 1. The van der Waals surface area contributed by atoms with E-state index in [9.17, 15) is 4.79 Å². The maximum absolute atomic E-state index is 11.6. The van der Waals surface area contributed by atoms with E-state index in [1.165, 1.54) is 7.11 Å². The Labute approximate surface area is 106 Å². The molecule has 18 heavy (non-hydrogen) atoms. The number of hydrogen-bond acceptors (Lipinski definition) is 4. The molecule has 1 heterocycles. The highest BCUT2D eigenvalue weighted by atomic mass is 16.5. The molecule has 0 saturated carbocycles. The number of nitrogens with two attached hydrogens (primary N) is 1. The topological polar surface area (TPSA) is 65.2 Å². The summed E-state index contributed by atoms with van der Waals surface area (Å²) in [6.45, 7) is 0.274. The molecule has 1 aromatic carbocycles. The van der Waals surface area contributed by atoms with Crippen molar-refractivity contribution in [2.45, 2.75) is 6.42 Å². The lowest BCUT2D eigenvalue weighted by atomic mass is 9.97. The van der Waals surface area contributed by atoms with Crippen molar-refractivity contribution in [1.29, 1.82) is 0 Å². The van der Waals surface area contributed by atoms with Crippen molar-refractivity contribution in [3.8, 4) is 0 Å². The molecule has 2 aromatic rings. The molecule has 2 rings (SSSR count). The van der Waals surface area contributed by atoms with E-state index in [0.29, 0.717) is 6.42 Å². The van der Waals surface area contributed by atoms with Gasteiger partial charge in [0.25, 0.3) is 0 Å². The number of hydrogen-bond donors (Lipinski definition) is 1. The Bertz CT molecular complexity index is 549. The molecule has 1 unspecified atom stereocenters. The van der Waals surface area contributed by atoms with Gasteiger partial charge in [0.05, 0.1) is 18.5 Å². The third-order valence-corrected chi connectivity index (χ3v) is 3.00. The Hall–Kier alpha value is -1.94. The lowest BCUT2D eigenvalue weighted by Gasteiger charge is -2.13. The summed E-state index contributed by atoms with van der Waals surface area (Å²) in [6, 6.07) is 9.83. The van der Waals surface area contributed by atoms with Gasteiger partial charge in [0.2, 0.25) is 0 Å². The fourth-order valence-corrected chi connectivity index (χ4v) is 2.03. The number of esters is 1.